The topological polar surface area (TPSA) is 6.48 Å². The second kappa shape index (κ2) is 17.8. The van der Waals surface area contributed by atoms with Crippen LogP contribution in [0.5, 0.6) is 0 Å². The molecule has 0 fully saturated rings. The minimum Gasteiger partial charge on any atom is -0.311 e. The predicted octanol–water partition coefficient (Wildman–Crippen LogP) is 11.4. The Morgan fingerprint density at radius 2 is 0.650 bits per heavy atom. The van der Waals surface area contributed by atoms with E-state index >= 15 is 0 Å². The summed E-state index contributed by atoms with van der Waals surface area (Å²) >= 11 is 0. The van der Waals surface area contributed by atoms with Gasteiger partial charge in [-0.2, -0.15) is 0 Å². The molecule has 5 heteroatoms. The van der Waals surface area contributed by atoms with Crippen molar-refractivity contribution >= 4 is 115 Å². The van der Waals surface area contributed by atoms with E-state index in [1.807, 2.05) is 0 Å². The summed E-state index contributed by atoms with van der Waals surface area (Å²) in [7, 11) is -5.64. The van der Waals surface area contributed by atoms with Crippen LogP contribution in [-0.4, -0.2) is 22.9 Å². The van der Waals surface area contributed by atoms with Crippen molar-refractivity contribution in [2.75, 3.05) is 9.80 Å². The molecule has 0 atom stereocenters. The van der Waals surface area contributed by atoms with Crippen LogP contribution in [0.1, 0.15) is 58.2 Å². The van der Waals surface area contributed by atoms with Gasteiger partial charge in [-0.25, -0.2) is 0 Å². The molecule has 0 bridgehead atoms. The summed E-state index contributed by atoms with van der Waals surface area (Å²) < 4.78 is 0. The number of nitrogens with zero attached hydrogens (tertiary/aromatic N) is 2. The Kier molecular flexibility index (Phi) is 10.8. The third-order valence-corrected chi connectivity index (χ3v) is 28.1. The van der Waals surface area contributed by atoms with Crippen molar-refractivity contribution in [1.29, 1.82) is 0 Å². The first kappa shape index (κ1) is 48.6. The Labute approximate surface area is 474 Å². The van der Waals surface area contributed by atoms with Gasteiger partial charge in [0.05, 0.1) is 0 Å². The molecule has 0 saturated carbocycles. The van der Waals surface area contributed by atoms with Gasteiger partial charge in [-0.1, -0.05) is 248 Å². The summed E-state index contributed by atoms with van der Waals surface area (Å²) in [5.74, 6) is 0. The molecule has 0 N–H and O–H groups in total. The first-order valence-electron chi connectivity index (χ1n) is 28.6. The lowest BCUT2D eigenvalue weighted by Gasteiger charge is -2.45. The molecule has 0 saturated heterocycles. The molecule has 11 aromatic carbocycles. The smallest absolute Gasteiger partial charge is 0.252 e. The first-order valence-corrected chi connectivity index (χ1v) is 32.6. The second-order valence-electron chi connectivity index (χ2n) is 24.9. The van der Waals surface area contributed by atoms with Gasteiger partial charge in [0, 0.05) is 34.1 Å². The van der Waals surface area contributed by atoms with Crippen molar-refractivity contribution in [2.24, 2.45) is 0 Å². The molecule has 2 nitrogen and oxygen atoms in total. The fourth-order valence-electron chi connectivity index (χ4n) is 14.8. The lowest BCUT2D eigenvalue weighted by molar-refractivity contribution is 0.590. The lowest BCUT2D eigenvalue weighted by atomic mass is 9.33. The van der Waals surface area contributed by atoms with Crippen molar-refractivity contribution in [3.05, 3.63) is 271 Å². The van der Waals surface area contributed by atoms with E-state index in [0.717, 1.165) is 0 Å². The highest BCUT2D eigenvalue weighted by atomic mass is 28.3. The fourth-order valence-corrected chi connectivity index (χ4v) is 25.2. The van der Waals surface area contributed by atoms with Crippen molar-refractivity contribution in [1.82, 2.24) is 0 Å². The minimum atomic E-state index is -2.82. The zero-order chi connectivity index (χ0) is 54.3. The van der Waals surface area contributed by atoms with Crippen molar-refractivity contribution in [2.45, 2.75) is 59.3 Å². The van der Waals surface area contributed by atoms with Crippen LogP contribution in [0, 0.1) is 6.92 Å². The summed E-state index contributed by atoms with van der Waals surface area (Å²) in [5, 5.41) is 11.4. The Bertz CT molecular complexity index is 3940. The summed E-state index contributed by atoms with van der Waals surface area (Å²) in [6, 6.07) is 99.1. The molecular formula is C75H63BN2Si2. The highest BCUT2D eigenvalue weighted by molar-refractivity contribution is 7.23. The van der Waals surface area contributed by atoms with Gasteiger partial charge < -0.3 is 9.80 Å². The SMILES string of the molecule is Cc1cc2c3c(c1)N(c1ccc4c(c1)[Si](c1ccccc1)(c1ccccc1)c1ccccc1-4)c1ccc(C(C)(C)C)cc1B3c1cc(C(C)(C)C)ccc1N2c1ccc2c(c1)[Si](c1ccccc1)(c1ccccc1)c1ccccc1-2. The largest absolute Gasteiger partial charge is 0.311 e. The van der Waals surface area contributed by atoms with E-state index in [-0.39, 0.29) is 17.5 Å². The lowest BCUT2D eigenvalue weighted by Crippen LogP contribution is -2.72. The van der Waals surface area contributed by atoms with Gasteiger partial charge in [0.15, 0.2) is 16.1 Å². The summed E-state index contributed by atoms with van der Waals surface area (Å²) in [6.45, 7) is 16.5. The molecule has 0 spiro atoms. The predicted molar refractivity (Wildman–Crippen MR) is 348 cm³/mol. The van der Waals surface area contributed by atoms with Gasteiger partial charge >= 0.3 is 0 Å². The average molecular weight is 1060 g/mol. The molecule has 4 aliphatic heterocycles. The van der Waals surface area contributed by atoms with E-state index in [9.17, 15) is 0 Å². The van der Waals surface area contributed by atoms with Crippen LogP contribution >= 0.6 is 0 Å². The average Bonchev–Trinajstić information content (AvgIpc) is 3.89. The van der Waals surface area contributed by atoms with Crippen molar-refractivity contribution in [3.8, 4) is 22.3 Å². The van der Waals surface area contributed by atoms with Crippen LogP contribution in [0.4, 0.5) is 34.1 Å². The molecule has 0 unspecified atom stereocenters. The molecule has 0 amide bonds. The second-order valence-corrected chi connectivity index (χ2v) is 32.3. The number of anilines is 6. The molecule has 4 heterocycles. The minimum absolute atomic E-state index is 0.0238. The Hall–Kier alpha value is -8.48. The van der Waals surface area contributed by atoms with Crippen LogP contribution in [0.25, 0.3) is 22.3 Å². The summed E-state index contributed by atoms with van der Waals surface area (Å²) in [6.07, 6.45) is 0. The van der Waals surface area contributed by atoms with E-state index in [1.54, 1.807) is 0 Å². The maximum Gasteiger partial charge on any atom is 0.252 e. The van der Waals surface area contributed by atoms with E-state index in [0.29, 0.717) is 0 Å². The summed E-state index contributed by atoms with van der Waals surface area (Å²) in [5.41, 5.74) is 20.5. The highest BCUT2D eigenvalue weighted by Crippen LogP contribution is 2.47. The van der Waals surface area contributed by atoms with Crippen LogP contribution < -0.4 is 67.7 Å². The maximum atomic E-state index is 2.65. The zero-order valence-corrected chi connectivity index (χ0v) is 48.7. The Morgan fingerprint density at radius 3 is 1.01 bits per heavy atom. The van der Waals surface area contributed by atoms with E-state index in [1.165, 1.54) is 131 Å². The quantitative estimate of drug-likeness (QED) is 0.153. The van der Waals surface area contributed by atoms with Gasteiger partial charge in [-0.15, -0.1) is 0 Å². The van der Waals surface area contributed by atoms with E-state index in [4.69, 9.17) is 0 Å². The molecule has 80 heavy (non-hydrogen) atoms. The van der Waals surface area contributed by atoms with Crippen LogP contribution in [0.15, 0.2) is 255 Å². The standard InChI is InChI=1S/C75H63BN2Si2/c1-50-44-67-73-68(45-50)78(54-39-41-62-60-33-21-23-35-70(60)80(72(62)49-54,57-28-16-10-17-29-57)58-30-18-11-19-31-58)66-43-37-52(75(5,6)7)47-64(66)76(73)63-46-51(74(2,3)4)36-42-65(63)77(67)53-38-40-61-59-32-20-22-34-69(59)79(71(61)48-53,55-24-12-8-13-25-55)56-26-14-9-15-27-56/h8-49H,1-7H3. The normalized spacial score (nSPS) is 14.8. The molecule has 384 valence electrons. The molecular weight excluding hydrogens is 996 g/mol. The number of fused-ring (bicyclic) bond motifs is 10. The molecule has 0 aliphatic carbocycles. The number of hydrogen-bond donors (Lipinski definition) is 0. The molecule has 11 aromatic rings. The van der Waals surface area contributed by atoms with Crippen LogP contribution in [0.2, 0.25) is 0 Å². The molecule has 0 aromatic heterocycles. The fraction of sp³-hybridized carbons (Fsp3) is 0.120. The van der Waals surface area contributed by atoms with Gasteiger partial charge in [-0.3, -0.25) is 0 Å². The van der Waals surface area contributed by atoms with Gasteiger partial charge in [0.1, 0.15) is 0 Å². The van der Waals surface area contributed by atoms with Crippen LogP contribution in [-0.2, 0) is 10.8 Å². The van der Waals surface area contributed by atoms with E-state index in [2.05, 4.69) is 313 Å². The monoisotopic (exact) mass is 1060 g/mol. The maximum absolute atomic E-state index is 2.82. The van der Waals surface area contributed by atoms with Crippen molar-refractivity contribution < 1.29 is 0 Å². The Balaban J connectivity index is 1.02. The van der Waals surface area contributed by atoms with Gasteiger partial charge in [0.25, 0.3) is 6.71 Å². The van der Waals surface area contributed by atoms with E-state index < -0.39 is 16.1 Å². The number of aryl methyl sites for hydroxylation is 1. The van der Waals surface area contributed by atoms with Gasteiger partial charge in [-0.05, 0) is 163 Å². The zero-order valence-electron chi connectivity index (χ0n) is 46.7. The molecule has 0 radical (unpaired) electrons. The number of benzene rings is 11. The highest BCUT2D eigenvalue weighted by Gasteiger charge is 2.52. The first-order chi connectivity index (χ1) is 38.9. The van der Waals surface area contributed by atoms with Crippen molar-refractivity contribution in [3.63, 3.8) is 0 Å². The molecule has 15 rings (SSSR count). The third kappa shape index (κ3) is 6.90. The number of rotatable bonds is 6. The summed E-state index contributed by atoms with van der Waals surface area (Å²) in [4.78, 5) is 5.31. The third-order valence-electron chi connectivity index (χ3n) is 18.3. The number of hydrogen-bond acceptors (Lipinski definition) is 2. The molecule has 4 aliphatic rings. The van der Waals surface area contributed by atoms with Gasteiger partial charge in [0.2, 0.25) is 0 Å². The Morgan fingerprint density at radius 1 is 0.312 bits per heavy atom. The van der Waals surface area contributed by atoms with Crippen LogP contribution in [0.3, 0.4) is 0 Å².